The smallest absolute Gasteiger partial charge is 0.193 e. The normalized spacial score (nSPS) is 16.0. The summed E-state index contributed by atoms with van der Waals surface area (Å²) in [6.07, 6.45) is 0.563. The van der Waals surface area contributed by atoms with Crippen molar-refractivity contribution in [3.63, 3.8) is 0 Å². The Labute approximate surface area is 272 Å². The van der Waals surface area contributed by atoms with Crippen LogP contribution in [0.5, 0.6) is 0 Å². The van der Waals surface area contributed by atoms with Crippen molar-refractivity contribution in [3.8, 4) is 0 Å². The first-order chi connectivity index (χ1) is 22.3. The maximum Gasteiger partial charge on any atom is 0.193 e. The monoisotopic (exact) mass is 614 g/mol. The Hall–Kier alpha value is -4.59. The molecule has 0 saturated carbocycles. The van der Waals surface area contributed by atoms with Crippen LogP contribution in [0.3, 0.4) is 0 Å². The molecule has 0 bridgehead atoms. The molecule has 0 aliphatic carbocycles. The lowest BCUT2D eigenvalue weighted by molar-refractivity contribution is 0.0985. The molecule has 0 amide bonds. The first-order valence-corrected chi connectivity index (χ1v) is 16.2. The van der Waals surface area contributed by atoms with E-state index in [0.717, 1.165) is 74.9 Å². The molecule has 46 heavy (non-hydrogen) atoms. The van der Waals surface area contributed by atoms with Crippen LogP contribution in [-0.2, 0) is 12.8 Å². The molecule has 2 aliphatic heterocycles. The van der Waals surface area contributed by atoms with Crippen molar-refractivity contribution in [1.82, 2.24) is 9.80 Å². The Morgan fingerprint density at radius 2 is 0.739 bits per heavy atom. The molecule has 0 aromatic heterocycles. The van der Waals surface area contributed by atoms with Crippen molar-refractivity contribution < 1.29 is 14.4 Å². The molecular weight excluding hydrogens is 572 g/mol. The predicted molar refractivity (Wildman–Crippen MR) is 185 cm³/mol. The lowest BCUT2D eigenvalue weighted by atomic mass is 9.97. The summed E-state index contributed by atoms with van der Waals surface area (Å²) < 4.78 is 0. The second-order valence-electron chi connectivity index (χ2n) is 12.6. The first kappa shape index (κ1) is 31.4. The molecule has 4 aromatic carbocycles. The minimum absolute atomic E-state index is 0.0557. The van der Waals surface area contributed by atoms with Gasteiger partial charge < -0.3 is 19.6 Å². The molecule has 236 valence electrons. The first-order valence-electron chi connectivity index (χ1n) is 16.2. The summed E-state index contributed by atoms with van der Waals surface area (Å²) in [5.74, 6) is 0.0231. The zero-order chi connectivity index (χ0) is 32.0. The number of carbonyl (C=O) groups excluding carboxylic acids is 3. The average molecular weight is 615 g/mol. The average Bonchev–Trinajstić information content (AvgIpc) is 3.09. The van der Waals surface area contributed by atoms with Crippen LogP contribution in [0.2, 0.25) is 0 Å². The van der Waals surface area contributed by atoms with E-state index in [-0.39, 0.29) is 30.2 Å². The number of piperazine rings is 2. The maximum absolute atomic E-state index is 13.2. The Balaban J connectivity index is 1.00. The van der Waals surface area contributed by atoms with Gasteiger partial charge in [0.15, 0.2) is 17.3 Å². The number of hydrogen-bond donors (Lipinski definition) is 0. The standard InChI is InChI=1S/C39H42N4O3/c1-40-19-23-42(24-20-40)35-15-11-31(12-16-35)37(44)27-29-3-7-33(8-4-29)39(46)34-9-5-30(6-10-34)28-38(45)32-13-17-36(18-14-32)43-25-21-41(2)22-26-43/h3-18H,19-28H2,1-2H3. The van der Waals surface area contributed by atoms with Crippen molar-refractivity contribution >= 4 is 28.7 Å². The van der Waals surface area contributed by atoms with E-state index < -0.39 is 0 Å². The van der Waals surface area contributed by atoms with Gasteiger partial charge in [0.05, 0.1) is 0 Å². The van der Waals surface area contributed by atoms with Crippen LogP contribution in [0.15, 0.2) is 97.1 Å². The summed E-state index contributed by atoms with van der Waals surface area (Å²) in [6, 6.07) is 30.3. The van der Waals surface area contributed by atoms with Gasteiger partial charge in [0.2, 0.25) is 0 Å². The largest absolute Gasteiger partial charge is 0.369 e. The van der Waals surface area contributed by atoms with Crippen LogP contribution in [0.4, 0.5) is 11.4 Å². The van der Waals surface area contributed by atoms with Crippen molar-refractivity contribution in [2.75, 3.05) is 76.3 Å². The van der Waals surface area contributed by atoms with E-state index >= 15 is 0 Å². The molecular formula is C39H42N4O3. The molecule has 7 heteroatoms. The summed E-state index contributed by atoms with van der Waals surface area (Å²) in [4.78, 5) is 48.4. The third-order valence-electron chi connectivity index (χ3n) is 9.28. The van der Waals surface area contributed by atoms with E-state index in [9.17, 15) is 14.4 Å². The van der Waals surface area contributed by atoms with E-state index in [1.54, 1.807) is 24.3 Å². The van der Waals surface area contributed by atoms with E-state index in [0.29, 0.717) is 22.3 Å². The number of carbonyl (C=O) groups is 3. The van der Waals surface area contributed by atoms with Gasteiger partial charge in [-0.05, 0) is 73.8 Å². The van der Waals surface area contributed by atoms with Crippen LogP contribution in [0.1, 0.15) is 47.8 Å². The number of ketones is 3. The van der Waals surface area contributed by atoms with Crippen LogP contribution < -0.4 is 9.80 Å². The fourth-order valence-corrected chi connectivity index (χ4v) is 6.14. The molecule has 4 aromatic rings. The highest BCUT2D eigenvalue weighted by Gasteiger charge is 2.17. The third kappa shape index (κ3) is 7.61. The van der Waals surface area contributed by atoms with Gasteiger partial charge in [0, 0.05) is 98.8 Å². The number of likely N-dealkylation sites (N-methyl/N-ethyl adjacent to an activating group) is 2. The predicted octanol–water partition coefficient (Wildman–Crippen LogP) is 5.27. The quantitative estimate of drug-likeness (QED) is 0.226. The topological polar surface area (TPSA) is 64.2 Å². The molecule has 0 unspecified atom stereocenters. The second-order valence-corrected chi connectivity index (χ2v) is 12.6. The van der Waals surface area contributed by atoms with Crippen molar-refractivity contribution in [3.05, 3.63) is 130 Å². The Morgan fingerprint density at radius 1 is 0.435 bits per heavy atom. The van der Waals surface area contributed by atoms with Gasteiger partial charge in [-0.2, -0.15) is 0 Å². The molecule has 2 fully saturated rings. The highest BCUT2D eigenvalue weighted by Crippen LogP contribution is 2.21. The summed E-state index contributed by atoms with van der Waals surface area (Å²) in [6.45, 7) is 8.13. The number of Topliss-reactive ketones (excluding diaryl/α,β-unsaturated/α-hetero) is 2. The highest BCUT2D eigenvalue weighted by atomic mass is 16.1. The number of anilines is 2. The molecule has 2 heterocycles. The van der Waals surface area contributed by atoms with Crippen molar-refractivity contribution in [2.45, 2.75) is 12.8 Å². The van der Waals surface area contributed by atoms with Crippen LogP contribution in [0.25, 0.3) is 0 Å². The van der Waals surface area contributed by atoms with Gasteiger partial charge in [-0.25, -0.2) is 0 Å². The summed E-state index contributed by atoms with van der Waals surface area (Å²) in [5, 5.41) is 0. The lowest BCUT2D eigenvalue weighted by Gasteiger charge is -2.34. The minimum atomic E-state index is -0.0882. The Bertz CT molecular complexity index is 1520. The highest BCUT2D eigenvalue weighted by molar-refractivity contribution is 6.09. The number of nitrogens with zero attached hydrogens (tertiary/aromatic N) is 4. The zero-order valence-electron chi connectivity index (χ0n) is 26.8. The number of benzene rings is 4. The van der Waals surface area contributed by atoms with Crippen LogP contribution in [-0.4, -0.2) is 93.6 Å². The molecule has 2 aliphatic rings. The maximum atomic E-state index is 13.2. The van der Waals surface area contributed by atoms with Gasteiger partial charge in [-0.15, -0.1) is 0 Å². The fraction of sp³-hybridized carbons (Fsp3) is 0.308. The lowest BCUT2D eigenvalue weighted by Crippen LogP contribution is -2.44. The van der Waals surface area contributed by atoms with Gasteiger partial charge in [-0.1, -0.05) is 48.5 Å². The fourth-order valence-electron chi connectivity index (χ4n) is 6.14. The number of hydrogen-bond acceptors (Lipinski definition) is 7. The summed E-state index contributed by atoms with van der Waals surface area (Å²) in [5.41, 5.74) is 6.56. The zero-order valence-corrected chi connectivity index (χ0v) is 26.8. The molecule has 7 nitrogen and oxygen atoms in total. The van der Waals surface area contributed by atoms with Crippen LogP contribution >= 0.6 is 0 Å². The third-order valence-corrected chi connectivity index (χ3v) is 9.28. The van der Waals surface area contributed by atoms with E-state index in [1.165, 1.54) is 0 Å². The molecule has 2 saturated heterocycles. The minimum Gasteiger partial charge on any atom is -0.369 e. The molecule has 0 spiro atoms. The van der Waals surface area contributed by atoms with E-state index in [4.69, 9.17) is 0 Å². The Kier molecular flexibility index (Phi) is 9.71. The molecule has 6 rings (SSSR count). The van der Waals surface area contributed by atoms with Gasteiger partial charge in [-0.3, -0.25) is 14.4 Å². The molecule has 0 atom stereocenters. The summed E-state index contributed by atoms with van der Waals surface area (Å²) in [7, 11) is 4.28. The van der Waals surface area contributed by atoms with Crippen LogP contribution in [0, 0.1) is 0 Å². The molecule has 0 radical (unpaired) electrons. The SMILES string of the molecule is CN1CCN(c2ccc(C(=O)Cc3ccc(C(=O)c4ccc(CC(=O)c5ccc(N6CCN(C)CC6)cc5)cc4)cc3)cc2)CC1. The second kappa shape index (κ2) is 14.2. The van der Waals surface area contributed by atoms with Gasteiger partial charge in [0.25, 0.3) is 0 Å². The van der Waals surface area contributed by atoms with E-state index in [1.807, 2.05) is 72.8 Å². The number of rotatable bonds is 10. The Morgan fingerprint density at radius 3 is 1.07 bits per heavy atom. The summed E-state index contributed by atoms with van der Waals surface area (Å²) >= 11 is 0. The molecule has 0 N–H and O–H groups in total. The van der Waals surface area contributed by atoms with E-state index in [2.05, 4.69) is 33.7 Å². The van der Waals surface area contributed by atoms with Crippen molar-refractivity contribution in [1.29, 1.82) is 0 Å². The van der Waals surface area contributed by atoms with Gasteiger partial charge >= 0.3 is 0 Å². The van der Waals surface area contributed by atoms with Crippen molar-refractivity contribution in [2.24, 2.45) is 0 Å². The van der Waals surface area contributed by atoms with Gasteiger partial charge in [0.1, 0.15) is 0 Å².